The average Bonchev–Trinajstić information content (AvgIpc) is 3.33. The van der Waals surface area contributed by atoms with E-state index in [0.717, 1.165) is 6.92 Å². The van der Waals surface area contributed by atoms with Crippen LogP contribution in [0.3, 0.4) is 0 Å². The molecule has 20 N–H and O–H groups in total. The fourth-order valence-corrected chi connectivity index (χ4v) is 8.77. The predicted octanol–water partition coefficient (Wildman–Crippen LogP) is -14.0. The van der Waals surface area contributed by atoms with Gasteiger partial charge in [0.2, 0.25) is 5.91 Å². The molecule has 30 unspecified atom stereocenters. The highest BCUT2D eigenvalue weighted by molar-refractivity contribution is 5.73. The van der Waals surface area contributed by atoms with Gasteiger partial charge in [0.05, 0.1) is 39.6 Å². The molecule has 0 aliphatic carbocycles. The molecule has 32 nitrogen and oxygen atoms in total. The topological polar surface area (TPSA) is 515 Å². The van der Waals surface area contributed by atoms with Crippen LogP contribution in [0, 0.1) is 0 Å². The molecule has 0 saturated carbocycles. The van der Waals surface area contributed by atoms with Gasteiger partial charge in [0, 0.05) is 6.92 Å². The lowest BCUT2D eigenvalue weighted by molar-refractivity contribution is -0.407. The van der Waals surface area contributed by atoms with Crippen LogP contribution in [0.5, 0.6) is 0 Å². The number of nitrogens with one attached hydrogen (secondary N) is 1. The summed E-state index contributed by atoms with van der Waals surface area (Å²) in [5.41, 5.74) is 0. The molecule has 1 amide bonds. The number of rotatable bonds is 17. The van der Waals surface area contributed by atoms with Crippen LogP contribution in [-0.4, -0.2) is 327 Å². The van der Waals surface area contributed by atoms with Crippen molar-refractivity contribution in [3.05, 3.63) is 0 Å². The van der Waals surface area contributed by atoms with Gasteiger partial charge < -0.3 is 154 Å². The van der Waals surface area contributed by atoms with Crippen LogP contribution in [0.25, 0.3) is 0 Å². The zero-order valence-corrected chi connectivity index (χ0v) is 37.0. The minimum atomic E-state index is -2.30. The average molecular weight is 1030 g/mol. The summed E-state index contributed by atoms with van der Waals surface area (Å²) in [6.45, 7) is -4.70. The quantitative estimate of drug-likeness (QED) is 0.0643. The molecule has 30 atom stereocenters. The fourth-order valence-electron chi connectivity index (χ4n) is 8.77. The Labute approximate surface area is 395 Å². The molecule has 70 heavy (non-hydrogen) atoms. The highest BCUT2D eigenvalue weighted by Gasteiger charge is 2.58. The molecule has 408 valence electrons. The Kier molecular flexibility index (Phi) is 20.3. The summed E-state index contributed by atoms with van der Waals surface area (Å²) >= 11 is 0. The number of ether oxygens (including phenoxy) is 11. The van der Waals surface area contributed by atoms with Crippen LogP contribution < -0.4 is 5.32 Å². The summed E-state index contributed by atoms with van der Waals surface area (Å²) in [6, 6.07) is -1.62. The van der Waals surface area contributed by atoms with Crippen molar-refractivity contribution in [3.8, 4) is 0 Å². The number of hydrogen-bond acceptors (Lipinski definition) is 31. The van der Waals surface area contributed by atoms with Crippen LogP contribution in [0.4, 0.5) is 0 Å². The van der Waals surface area contributed by atoms with Gasteiger partial charge >= 0.3 is 0 Å². The Morgan fingerprint density at radius 3 is 1.21 bits per heavy atom. The first-order valence-electron chi connectivity index (χ1n) is 22.1. The standard InChI is InChI=1S/C38H65NO31/c1-8(45)39-15-21(51)29(13(6-44)61-33(15)59)67-36-28(58)30(20(50)14(66-36)7-60-34-26(56)22(52)16(46)9(2-40)62-34)68-37-32(25(55)19(49)11(4-42)64-37)70-38-31(24(54)18(48)12(5-43)65-38)69-35-27(57)23(53)17(47)10(3-41)63-35/h9-38,40-44,46-59H,2-7H2,1H3,(H,39,45). The minimum absolute atomic E-state index is 0.760. The molecule has 0 radical (unpaired) electrons. The van der Waals surface area contributed by atoms with Crippen LogP contribution in [-0.2, 0) is 56.9 Å². The zero-order valence-electron chi connectivity index (χ0n) is 37.0. The molecule has 0 aromatic rings. The van der Waals surface area contributed by atoms with Gasteiger partial charge in [0.1, 0.15) is 146 Å². The lowest BCUT2D eigenvalue weighted by atomic mass is 9.95. The van der Waals surface area contributed by atoms with Crippen molar-refractivity contribution in [2.75, 3.05) is 39.6 Å². The number of carbonyl (C=O) groups excluding carboxylic acids is 1. The van der Waals surface area contributed by atoms with Gasteiger partial charge in [-0.1, -0.05) is 0 Å². The summed E-state index contributed by atoms with van der Waals surface area (Å²) in [6.07, 6.45) is -57.2. The van der Waals surface area contributed by atoms with Crippen molar-refractivity contribution in [1.82, 2.24) is 5.32 Å². The van der Waals surface area contributed by atoms with Crippen LogP contribution in [0.15, 0.2) is 0 Å². The maximum Gasteiger partial charge on any atom is 0.217 e. The van der Waals surface area contributed by atoms with E-state index < -0.39 is 230 Å². The van der Waals surface area contributed by atoms with Crippen LogP contribution in [0.2, 0.25) is 0 Å². The monoisotopic (exact) mass is 1030 g/mol. The molecule has 6 fully saturated rings. The van der Waals surface area contributed by atoms with E-state index in [1.165, 1.54) is 0 Å². The third kappa shape index (κ3) is 12.0. The molecule has 6 aliphatic rings. The normalized spacial score (nSPS) is 51.5. The van der Waals surface area contributed by atoms with Gasteiger partial charge in [0.25, 0.3) is 0 Å². The highest BCUT2D eigenvalue weighted by Crippen LogP contribution is 2.37. The van der Waals surface area contributed by atoms with Crippen molar-refractivity contribution in [2.24, 2.45) is 0 Å². The first kappa shape index (κ1) is 57.5. The number of hydrogen-bond donors (Lipinski definition) is 20. The van der Waals surface area contributed by atoms with E-state index in [9.17, 15) is 102 Å². The first-order valence-corrected chi connectivity index (χ1v) is 22.1. The first-order chi connectivity index (χ1) is 33.1. The number of aliphatic hydroxyl groups excluding tert-OH is 19. The third-order valence-electron chi connectivity index (χ3n) is 12.8. The lowest BCUT2D eigenvalue weighted by Crippen LogP contribution is -2.69. The summed E-state index contributed by atoms with van der Waals surface area (Å²) in [5, 5.41) is 205. The van der Waals surface area contributed by atoms with E-state index in [1.807, 2.05) is 0 Å². The van der Waals surface area contributed by atoms with Crippen molar-refractivity contribution in [2.45, 2.75) is 191 Å². The van der Waals surface area contributed by atoms with Gasteiger partial charge in [-0.3, -0.25) is 4.79 Å². The van der Waals surface area contributed by atoms with E-state index in [1.54, 1.807) is 0 Å². The second-order valence-corrected chi connectivity index (χ2v) is 17.5. The molecule has 0 spiro atoms. The molecular weight excluding hydrogens is 966 g/mol. The lowest BCUT2D eigenvalue weighted by Gasteiger charge is -2.50. The maximum absolute atomic E-state index is 12.0. The van der Waals surface area contributed by atoms with Gasteiger partial charge in [-0.15, -0.1) is 0 Å². The van der Waals surface area contributed by atoms with E-state index in [-0.39, 0.29) is 0 Å². The van der Waals surface area contributed by atoms with Crippen molar-refractivity contribution >= 4 is 5.91 Å². The van der Waals surface area contributed by atoms with Gasteiger partial charge in [-0.05, 0) is 0 Å². The summed E-state index contributed by atoms with van der Waals surface area (Å²) in [5.74, 6) is -0.760. The maximum atomic E-state index is 12.0. The van der Waals surface area contributed by atoms with Crippen molar-refractivity contribution in [1.29, 1.82) is 0 Å². The molecule has 6 rings (SSSR count). The molecule has 0 aromatic carbocycles. The van der Waals surface area contributed by atoms with E-state index >= 15 is 0 Å². The van der Waals surface area contributed by atoms with Crippen LogP contribution >= 0.6 is 0 Å². The van der Waals surface area contributed by atoms with Crippen molar-refractivity contribution in [3.63, 3.8) is 0 Å². The molecular formula is C38H65NO31. The Bertz CT molecular complexity index is 1630. The van der Waals surface area contributed by atoms with Gasteiger partial charge in [0.15, 0.2) is 37.7 Å². The van der Waals surface area contributed by atoms with E-state index in [2.05, 4.69) is 5.32 Å². The van der Waals surface area contributed by atoms with Crippen molar-refractivity contribution < 1.29 is 154 Å². The summed E-state index contributed by atoms with van der Waals surface area (Å²) in [4.78, 5) is 12.0. The molecule has 6 aliphatic heterocycles. The second-order valence-electron chi connectivity index (χ2n) is 17.5. The Morgan fingerprint density at radius 2 is 0.743 bits per heavy atom. The predicted molar refractivity (Wildman–Crippen MR) is 211 cm³/mol. The van der Waals surface area contributed by atoms with Gasteiger partial charge in [-0.25, -0.2) is 0 Å². The fraction of sp³-hybridized carbons (Fsp3) is 0.974. The number of aliphatic hydroxyl groups is 19. The Balaban J connectivity index is 1.32. The number of carbonyl (C=O) groups is 1. The third-order valence-corrected chi connectivity index (χ3v) is 12.8. The summed E-state index contributed by atoms with van der Waals surface area (Å²) < 4.78 is 62.4. The van der Waals surface area contributed by atoms with Gasteiger partial charge in [-0.2, -0.15) is 0 Å². The molecule has 0 aromatic heterocycles. The molecule has 6 saturated heterocycles. The zero-order chi connectivity index (χ0) is 51.6. The molecule has 0 bridgehead atoms. The van der Waals surface area contributed by atoms with E-state index in [4.69, 9.17) is 52.1 Å². The summed E-state index contributed by atoms with van der Waals surface area (Å²) in [7, 11) is 0. The minimum Gasteiger partial charge on any atom is -0.394 e. The molecule has 32 heteroatoms. The highest BCUT2D eigenvalue weighted by atomic mass is 16.8. The van der Waals surface area contributed by atoms with Crippen LogP contribution in [0.1, 0.15) is 6.92 Å². The largest absolute Gasteiger partial charge is 0.394 e. The van der Waals surface area contributed by atoms with E-state index in [0.29, 0.717) is 0 Å². The Morgan fingerprint density at radius 1 is 0.371 bits per heavy atom. The Hall–Kier alpha value is -1.73. The smallest absolute Gasteiger partial charge is 0.217 e. The SMILES string of the molecule is CC(=O)NC1C(O)OC(CO)C(OC2OC(COC3OC(CO)C(O)C(O)C3O)C(O)C(OC3OC(CO)C(O)C(O)C3OC3OC(CO)C(O)C(O)C3OC3OC(CO)C(O)C(O)C3O)C2O)C1O. The second kappa shape index (κ2) is 24.7. The molecule has 6 heterocycles. The number of amides is 1.